The largest absolute Gasteiger partial charge is 0.325 e. The molecule has 1 aromatic heterocycles. The standard InChI is InChI=1S/C18H17ClN6O2/c1-11-4-3-5-14(8-11)21-17(27)10-25-23-18(22-24-25)13-6-7-16(15(19)9-13)20-12(2)26/h3-9H,10H2,1-2H3,(H,20,26)(H,21,27). The number of amides is 2. The Hall–Kier alpha value is -3.26. The third-order valence-electron chi connectivity index (χ3n) is 3.58. The van der Waals surface area contributed by atoms with E-state index in [4.69, 9.17) is 11.6 Å². The quantitative estimate of drug-likeness (QED) is 0.704. The van der Waals surface area contributed by atoms with E-state index < -0.39 is 0 Å². The van der Waals surface area contributed by atoms with Crippen molar-refractivity contribution in [1.29, 1.82) is 0 Å². The van der Waals surface area contributed by atoms with Gasteiger partial charge < -0.3 is 10.6 Å². The van der Waals surface area contributed by atoms with Crippen molar-refractivity contribution in [2.75, 3.05) is 10.6 Å². The molecular formula is C18H17ClN6O2. The van der Waals surface area contributed by atoms with Crippen molar-refractivity contribution in [3.8, 4) is 11.4 Å². The van der Waals surface area contributed by atoms with E-state index in [0.29, 0.717) is 27.8 Å². The van der Waals surface area contributed by atoms with Gasteiger partial charge in [-0.05, 0) is 48.0 Å². The van der Waals surface area contributed by atoms with Crippen LogP contribution in [0.1, 0.15) is 12.5 Å². The Bertz CT molecular complexity index is 1000. The molecule has 2 aromatic carbocycles. The molecule has 2 N–H and O–H groups in total. The number of anilines is 2. The lowest BCUT2D eigenvalue weighted by Crippen LogP contribution is -2.20. The fourth-order valence-electron chi connectivity index (χ4n) is 2.42. The van der Waals surface area contributed by atoms with Crippen LogP contribution in [0, 0.1) is 6.92 Å². The number of rotatable bonds is 5. The fourth-order valence-corrected chi connectivity index (χ4v) is 2.65. The molecule has 0 radical (unpaired) electrons. The highest BCUT2D eigenvalue weighted by Crippen LogP contribution is 2.26. The van der Waals surface area contributed by atoms with E-state index in [-0.39, 0.29) is 18.4 Å². The van der Waals surface area contributed by atoms with Gasteiger partial charge in [0.05, 0.1) is 10.7 Å². The highest BCUT2D eigenvalue weighted by atomic mass is 35.5. The van der Waals surface area contributed by atoms with Gasteiger partial charge in [0.2, 0.25) is 17.6 Å². The normalized spacial score (nSPS) is 10.5. The number of hydrogen-bond donors (Lipinski definition) is 2. The first-order chi connectivity index (χ1) is 12.9. The summed E-state index contributed by atoms with van der Waals surface area (Å²) in [6, 6.07) is 12.5. The Morgan fingerprint density at radius 2 is 1.96 bits per heavy atom. The Kier molecular flexibility index (Phi) is 5.46. The third kappa shape index (κ3) is 4.89. The van der Waals surface area contributed by atoms with Crippen molar-refractivity contribution in [1.82, 2.24) is 20.2 Å². The van der Waals surface area contributed by atoms with Crippen LogP contribution in [0.5, 0.6) is 0 Å². The molecule has 3 rings (SSSR count). The average molecular weight is 385 g/mol. The van der Waals surface area contributed by atoms with Crippen molar-refractivity contribution in [2.45, 2.75) is 20.4 Å². The first-order valence-electron chi connectivity index (χ1n) is 8.12. The van der Waals surface area contributed by atoms with Crippen LogP contribution >= 0.6 is 11.6 Å². The summed E-state index contributed by atoms with van der Waals surface area (Å²) < 4.78 is 0. The summed E-state index contributed by atoms with van der Waals surface area (Å²) in [6.45, 7) is 3.28. The molecule has 0 bridgehead atoms. The Morgan fingerprint density at radius 1 is 1.15 bits per heavy atom. The second-order valence-electron chi connectivity index (χ2n) is 5.94. The van der Waals surface area contributed by atoms with Crippen LogP contribution in [0.25, 0.3) is 11.4 Å². The first kappa shape index (κ1) is 18.5. The summed E-state index contributed by atoms with van der Waals surface area (Å²) in [5.74, 6) is -0.147. The van der Waals surface area contributed by atoms with Crippen LogP contribution in [0.4, 0.5) is 11.4 Å². The monoisotopic (exact) mass is 384 g/mol. The molecule has 0 atom stereocenters. The van der Waals surface area contributed by atoms with Crippen LogP contribution in [0.3, 0.4) is 0 Å². The van der Waals surface area contributed by atoms with Gasteiger partial charge in [-0.25, -0.2) is 0 Å². The summed E-state index contributed by atoms with van der Waals surface area (Å²) in [4.78, 5) is 24.5. The number of benzene rings is 2. The van der Waals surface area contributed by atoms with Crippen molar-refractivity contribution in [3.63, 3.8) is 0 Å². The SMILES string of the molecule is CC(=O)Nc1ccc(-c2nnn(CC(=O)Nc3cccc(C)c3)n2)cc1Cl. The minimum Gasteiger partial charge on any atom is -0.325 e. The molecule has 0 saturated carbocycles. The third-order valence-corrected chi connectivity index (χ3v) is 3.89. The highest BCUT2D eigenvalue weighted by molar-refractivity contribution is 6.34. The Labute approximate surface area is 160 Å². The number of tetrazole rings is 1. The molecule has 0 unspecified atom stereocenters. The predicted molar refractivity (Wildman–Crippen MR) is 102 cm³/mol. The lowest BCUT2D eigenvalue weighted by molar-refractivity contribution is -0.117. The fraction of sp³-hybridized carbons (Fsp3) is 0.167. The van der Waals surface area contributed by atoms with E-state index in [1.54, 1.807) is 18.2 Å². The number of nitrogens with zero attached hydrogens (tertiary/aromatic N) is 4. The van der Waals surface area contributed by atoms with Gasteiger partial charge in [0, 0.05) is 18.2 Å². The highest BCUT2D eigenvalue weighted by Gasteiger charge is 2.12. The van der Waals surface area contributed by atoms with Crippen LogP contribution in [-0.2, 0) is 16.1 Å². The van der Waals surface area contributed by atoms with Crippen LogP contribution in [-0.4, -0.2) is 32.0 Å². The topological polar surface area (TPSA) is 102 Å². The zero-order valence-corrected chi connectivity index (χ0v) is 15.5. The predicted octanol–water partition coefficient (Wildman–Crippen LogP) is 2.90. The molecule has 1 heterocycles. The first-order valence-corrected chi connectivity index (χ1v) is 8.50. The second-order valence-corrected chi connectivity index (χ2v) is 6.34. The molecule has 8 nitrogen and oxygen atoms in total. The number of carbonyl (C=O) groups excluding carboxylic acids is 2. The summed E-state index contributed by atoms with van der Waals surface area (Å²) in [7, 11) is 0. The van der Waals surface area contributed by atoms with Crippen molar-refractivity contribution >= 4 is 34.8 Å². The van der Waals surface area contributed by atoms with Gasteiger partial charge >= 0.3 is 0 Å². The zero-order chi connectivity index (χ0) is 19.4. The summed E-state index contributed by atoms with van der Waals surface area (Å²) in [6.07, 6.45) is 0. The molecule has 0 spiro atoms. The Balaban J connectivity index is 1.68. The van der Waals surface area contributed by atoms with Gasteiger partial charge in [-0.1, -0.05) is 23.7 Å². The molecule has 3 aromatic rings. The van der Waals surface area contributed by atoms with Crippen LogP contribution in [0.15, 0.2) is 42.5 Å². The van der Waals surface area contributed by atoms with Gasteiger partial charge in [0.25, 0.3) is 0 Å². The zero-order valence-electron chi connectivity index (χ0n) is 14.7. The molecule has 138 valence electrons. The molecule has 2 amide bonds. The minimum atomic E-state index is -0.261. The molecular weight excluding hydrogens is 368 g/mol. The minimum absolute atomic E-state index is 0.0708. The van der Waals surface area contributed by atoms with Crippen molar-refractivity contribution in [3.05, 3.63) is 53.1 Å². The number of carbonyl (C=O) groups is 2. The average Bonchev–Trinajstić information content (AvgIpc) is 3.04. The lowest BCUT2D eigenvalue weighted by Gasteiger charge is -2.05. The van der Waals surface area contributed by atoms with E-state index in [2.05, 4.69) is 26.0 Å². The van der Waals surface area contributed by atoms with E-state index in [0.717, 1.165) is 5.56 Å². The molecule has 0 aliphatic carbocycles. The number of aromatic nitrogens is 4. The van der Waals surface area contributed by atoms with Crippen LogP contribution in [0.2, 0.25) is 5.02 Å². The van der Waals surface area contributed by atoms with E-state index >= 15 is 0 Å². The molecule has 0 fully saturated rings. The number of aryl methyl sites for hydroxylation is 1. The summed E-state index contributed by atoms with van der Waals surface area (Å²) in [5.41, 5.74) is 2.88. The molecule has 9 heteroatoms. The summed E-state index contributed by atoms with van der Waals surface area (Å²) >= 11 is 6.16. The van der Waals surface area contributed by atoms with Gasteiger partial charge in [0.15, 0.2) is 0 Å². The van der Waals surface area contributed by atoms with Gasteiger partial charge in [-0.15, -0.1) is 10.2 Å². The van der Waals surface area contributed by atoms with E-state index in [1.807, 2.05) is 31.2 Å². The molecule has 0 aliphatic rings. The van der Waals surface area contributed by atoms with Gasteiger partial charge in [-0.3, -0.25) is 9.59 Å². The maximum Gasteiger partial charge on any atom is 0.248 e. The number of nitrogens with one attached hydrogen (secondary N) is 2. The molecule has 0 aliphatic heterocycles. The molecule has 27 heavy (non-hydrogen) atoms. The van der Waals surface area contributed by atoms with Crippen LogP contribution < -0.4 is 10.6 Å². The Morgan fingerprint density at radius 3 is 2.67 bits per heavy atom. The lowest BCUT2D eigenvalue weighted by atomic mass is 10.2. The van der Waals surface area contributed by atoms with E-state index in [9.17, 15) is 9.59 Å². The maximum absolute atomic E-state index is 12.1. The molecule has 0 saturated heterocycles. The van der Waals surface area contributed by atoms with Gasteiger partial charge in [-0.2, -0.15) is 4.80 Å². The van der Waals surface area contributed by atoms with Gasteiger partial charge in [0.1, 0.15) is 6.54 Å². The number of halogens is 1. The smallest absolute Gasteiger partial charge is 0.248 e. The van der Waals surface area contributed by atoms with E-state index in [1.165, 1.54) is 11.7 Å². The van der Waals surface area contributed by atoms with Crippen molar-refractivity contribution in [2.24, 2.45) is 0 Å². The second kappa shape index (κ2) is 7.96. The maximum atomic E-state index is 12.1. The summed E-state index contributed by atoms with van der Waals surface area (Å²) in [5, 5.41) is 17.8. The number of hydrogen-bond acceptors (Lipinski definition) is 5. The van der Waals surface area contributed by atoms with Crippen molar-refractivity contribution < 1.29 is 9.59 Å².